The maximum absolute atomic E-state index is 10.8. The molecule has 0 heterocycles. The van der Waals surface area contributed by atoms with Gasteiger partial charge >= 0.3 is 0 Å². The van der Waals surface area contributed by atoms with Crippen LogP contribution in [0, 0.1) is 0 Å². The molecule has 0 unspecified atom stereocenters. The van der Waals surface area contributed by atoms with E-state index in [-0.39, 0.29) is 5.78 Å². The minimum atomic E-state index is 0.230. The van der Waals surface area contributed by atoms with Crippen LogP contribution in [0.3, 0.4) is 0 Å². The van der Waals surface area contributed by atoms with Gasteiger partial charge in [0, 0.05) is 12.0 Å². The predicted molar refractivity (Wildman–Crippen MR) is 107 cm³/mol. The fourth-order valence-corrected chi connectivity index (χ4v) is 2.03. The van der Waals surface area contributed by atoms with Gasteiger partial charge in [0.15, 0.2) is 0 Å². The quantitative estimate of drug-likeness (QED) is 0.323. The molecule has 1 aromatic carbocycles. The van der Waals surface area contributed by atoms with Crippen molar-refractivity contribution in [2.45, 2.75) is 72.6 Å². The third-order valence-corrected chi connectivity index (χ3v) is 3.39. The fourth-order valence-electron chi connectivity index (χ4n) is 2.03. The van der Waals surface area contributed by atoms with Crippen molar-refractivity contribution < 1.29 is 14.3 Å². The first-order valence-corrected chi connectivity index (χ1v) is 9.59. The molecule has 0 saturated carbocycles. The summed E-state index contributed by atoms with van der Waals surface area (Å²) in [5, 5.41) is 0. The summed E-state index contributed by atoms with van der Waals surface area (Å²) in [5.41, 5.74) is 0.965. The van der Waals surface area contributed by atoms with Gasteiger partial charge in [0.25, 0.3) is 0 Å². The summed E-state index contributed by atoms with van der Waals surface area (Å²) in [5.74, 6) is 1.78. The van der Waals surface area contributed by atoms with Crippen molar-refractivity contribution in [1.29, 1.82) is 0 Å². The summed E-state index contributed by atoms with van der Waals surface area (Å²) in [4.78, 5) is 10.8. The Kier molecular flexibility index (Phi) is 14.6. The molecule has 142 valence electrons. The molecule has 0 aliphatic carbocycles. The van der Waals surface area contributed by atoms with Crippen LogP contribution in [0.4, 0.5) is 0 Å². The van der Waals surface area contributed by atoms with Crippen LogP contribution in [0.5, 0.6) is 5.75 Å². The minimum absolute atomic E-state index is 0.230. The van der Waals surface area contributed by atoms with Crippen molar-refractivity contribution in [1.82, 2.24) is 0 Å². The lowest BCUT2D eigenvalue weighted by Gasteiger charge is -2.10. The van der Waals surface area contributed by atoms with Gasteiger partial charge in [-0.1, -0.05) is 46.6 Å². The third kappa shape index (κ3) is 13.2. The van der Waals surface area contributed by atoms with E-state index in [4.69, 9.17) is 9.47 Å². The van der Waals surface area contributed by atoms with Gasteiger partial charge in [-0.2, -0.15) is 0 Å². The highest BCUT2D eigenvalue weighted by Crippen LogP contribution is 2.19. The van der Waals surface area contributed by atoms with Crippen molar-refractivity contribution in [2.75, 3.05) is 13.2 Å². The first kappa shape index (κ1) is 23.2. The second kappa shape index (κ2) is 15.7. The molecule has 0 fully saturated rings. The average molecular weight is 349 g/mol. The first-order chi connectivity index (χ1) is 12.0. The van der Waals surface area contributed by atoms with Gasteiger partial charge in [0.1, 0.15) is 17.3 Å². The smallest absolute Gasteiger partial charge is 0.129 e. The number of carbonyl (C=O) groups is 1. The topological polar surface area (TPSA) is 35.5 Å². The maximum Gasteiger partial charge on any atom is 0.129 e. The normalized spacial score (nSPS) is 9.76. The number of benzene rings is 1. The van der Waals surface area contributed by atoms with Gasteiger partial charge < -0.3 is 14.3 Å². The van der Waals surface area contributed by atoms with Gasteiger partial charge in [0.05, 0.1) is 13.2 Å². The van der Waals surface area contributed by atoms with Crippen molar-refractivity contribution in [3.63, 3.8) is 0 Å². The largest absolute Gasteiger partial charge is 0.494 e. The number of carbonyl (C=O) groups excluding carboxylic acids is 1. The molecule has 3 heteroatoms. The van der Waals surface area contributed by atoms with E-state index in [1.54, 1.807) is 6.92 Å². The summed E-state index contributed by atoms with van der Waals surface area (Å²) in [6.45, 7) is 13.4. The molecule has 0 radical (unpaired) electrons. The summed E-state index contributed by atoms with van der Waals surface area (Å²) in [6, 6.07) is 7.83. The lowest BCUT2D eigenvalue weighted by molar-refractivity contribution is -0.117. The molecule has 0 N–H and O–H groups in total. The van der Waals surface area contributed by atoms with Crippen LogP contribution in [-0.4, -0.2) is 19.0 Å². The molecule has 3 nitrogen and oxygen atoms in total. The lowest BCUT2D eigenvalue weighted by atomic mass is 10.2. The van der Waals surface area contributed by atoms with E-state index in [2.05, 4.69) is 27.4 Å². The molecular weight excluding hydrogens is 312 g/mol. The first-order valence-electron chi connectivity index (χ1n) is 9.59. The standard InChI is InChI=1S/C19H28O3.C3H8/c1-4-5-7-15-22-19-12-10-18(11-13-19)17(3)21-14-8-6-9-16(2)20;1-3-2/h10-13H,3-9,14-15H2,1-2H3;3H2,1-2H3. The molecule has 0 saturated heterocycles. The highest BCUT2D eigenvalue weighted by molar-refractivity contribution is 5.75. The molecular formula is C22H36O3. The van der Waals surface area contributed by atoms with Crippen LogP contribution in [0.1, 0.15) is 78.2 Å². The van der Waals surface area contributed by atoms with Gasteiger partial charge in [-0.25, -0.2) is 0 Å². The van der Waals surface area contributed by atoms with Crippen molar-refractivity contribution in [3.05, 3.63) is 36.4 Å². The number of hydrogen-bond donors (Lipinski definition) is 0. The number of rotatable bonds is 12. The number of hydrogen-bond acceptors (Lipinski definition) is 3. The molecule has 0 amide bonds. The van der Waals surface area contributed by atoms with Crippen LogP contribution in [0.15, 0.2) is 30.8 Å². The Hall–Kier alpha value is -1.77. The highest BCUT2D eigenvalue weighted by Gasteiger charge is 2.02. The Morgan fingerprint density at radius 2 is 1.56 bits per heavy atom. The molecule has 1 aromatic rings. The third-order valence-electron chi connectivity index (χ3n) is 3.39. The SMILES string of the molecule is C=C(OCCCCC(C)=O)c1ccc(OCCCCC)cc1.CCC. The van der Waals surface area contributed by atoms with Gasteiger partial charge in [-0.15, -0.1) is 0 Å². The Morgan fingerprint density at radius 3 is 2.12 bits per heavy atom. The van der Waals surface area contributed by atoms with Gasteiger partial charge in [0.2, 0.25) is 0 Å². The second-order valence-corrected chi connectivity index (χ2v) is 6.22. The summed E-state index contributed by atoms with van der Waals surface area (Å²) in [7, 11) is 0. The van der Waals surface area contributed by atoms with Crippen LogP contribution in [0.2, 0.25) is 0 Å². The monoisotopic (exact) mass is 348 g/mol. The molecule has 25 heavy (non-hydrogen) atoms. The van der Waals surface area contributed by atoms with Crippen LogP contribution in [0.25, 0.3) is 5.76 Å². The van der Waals surface area contributed by atoms with E-state index in [0.29, 0.717) is 18.8 Å². The van der Waals surface area contributed by atoms with Crippen LogP contribution in [-0.2, 0) is 9.53 Å². The zero-order chi connectivity index (χ0) is 18.9. The minimum Gasteiger partial charge on any atom is -0.494 e. The van der Waals surface area contributed by atoms with Gasteiger partial charge in [-0.05, 0) is 50.5 Å². The second-order valence-electron chi connectivity index (χ2n) is 6.22. The highest BCUT2D eigenvalue weighted by atomic mass is 16.5. The summed E-state index contributed by atoms with van der Waals surface area (Å²) in [6.07, 6.45) is 7.11. The number of Topliss-reactive ketones (excluding diaryl/α,β-unsaturated/α-hetero) is 1. The molecule has 0 atom stereocenters. The Labute approximate surface area is 154 Å². The number of unbranched alkanes of at least 4 members (excludes halogenated alkanes) is 3. The van der Waals surface area contributed by atoms with E-state index >= 15 is 0 Å². The van der Waals surface area contributed by atoms with Crippen molar-refractivity contribution in [3.8, 4) is 5.75 Å². The maximum atomic E-state index is 10.8. The molecule has 1 rings (SSSR count). The average Bonchev–Trinajstić information content (AvgIpc) is 2.59. The molecule has 0 aliphatic rings. The molecule has 0 aromatic heterocycles. The fraction of sp³-hybridized carbons (Fsp3) is 0.591. The van der Waals surface area contributed by atoms with Crippen molar-refractivity contribution in [2.24, 2.45) is 0 Å². The van der Waals surface area contributed by atoms with Crippen molar-refractivity contribution >= 4 is 11.5 Å². The zero-order valence-electron chi connectivity index (χ0n) is 16.6. The predicted octanol–water partition coefficient (Wildman–Crippen LogP) is 6.42. The van der Waals surface area contributed by atoms with Gasteiger partial charge in [-0.3, -0.25) is 0 Å². The van der Waals surface area contributed by atoms with E-state index in [1.165, 1.54) is 19.3 Å². The summed E-state index contributed by atoms with van der Waals surface area (Å²) >= 11 is 0. The molecule has 0 aliphatic heterocycles. The Balaban J connectivity index is 0.00000178. The molecule has 0 bridgehead atoms. The number of ether oxygens (including phenoxy) is 2. The lowest BCUT2D eigenvalue weighted by Crippen LogP contribution is -1.98. The van der Waals surface area contributed by atoms with E-state index in [0.717, 1.165) is 37.2 Å². The Morgan fingerprint density at radius 1 is 0.960 bits per heavy atom. The zero-order valence-corrected chi connectivity index (χ0v) is 16.6. The van der Waals surface area contributed by atoms with E-state index < -0.39 is 0 Å². The number of ketones is 1. The van der Waals surface area contributed by atoms with Crippen LogP contribution >= 0.6 is 0 Å². The Bertz CT molecular complexity index is 463. The molecule has 0 spiro atoms. The van der Waals surface area contributed by atoms with Crippen LogP contribution < -0.4 is 4.74 Å². The van der Waals surface area contributed by atoms with E-state index in [1.807, 2.05) is 24.3 Å². The summed E-state index contributed by atoms with van der Waals surface area (Å²) < 4.78 is 11.3. The van der Waals surface area contributed by atoms with E-state index in [9.17, 15) is 4.79 Å².